The highest BCUT2D eigenvalue weighted by atomic mass is 16.6. The quantitative estimate of drug-likeness (QED) is 0.0263. The van der Waals surface area contributed by atoms with Crippen molar-refractivity contribution in [2.45, 2.75) is 213 Å². The Morgan fingerprint density at radius 3 is 0.984 bits per heavy atom. The molecule has 350 valence electrons. The summed E-state index contributed by atoms with van der Waals surface area (Å²) in [4.78, 5) is 37.4. The molecule has 62 heavy (non-hydrogen) atoms. The van der Waals surface area contributed by atoms with E-state index in [2.05, 4.69) is 130 Å². The van der Waals surface area contributed by atoms with Crippen LogP contribution in [-0.4, -0.2) is 37.2 Å². The van der Waals surface area contributed by atoms with Crippen LogP contribution in [0.3, 0.4) is 0 Å². The fourth-order valence-electron chi connectivity index (χ4n) is 6.31. The SMILES string of the molecule is CC/C=C\C/C=C\C/C=C\C/C=C\C/C=C\C/C=C\C/C=C\C/C=C\C/C=C\CCCCCC(=O)OCC(COC(=O)CCCCCCCC)OC(=O)CCCCCCCCC. The molecule has 0 spiro atoms. The number of hydrogen-bond donors (Lipinski definition) is 0. The van der Waals surface area contributed by atoms with E-state index in [-0.39, 0.29) is 31.1 Å². The lowest BCUT2D eigenvalue weighted by Gasteiger charge is -2.18. The molecule has 0 aromatic carbocycles. The molecular weight excluding hydrogens is 769 g/mol. The van der Waals surface area contributed by atoms with Crippen LogP contribution in [0.1, 0.15) is 207 Å². The Kier molecular flexibility index (Phi) is 46.6. The van der Waals surface area contributed by atoms with Gasteiger partial charge in [0.1, 0.15) is 13.2 Å². The molecule has 0 aliphatic rings. The van der Waals surface area contributed by atoms with Crippen molar-refractivity contribution >= 4 is 17.9 Å². The Bertz CT molecular complexity index is 1310. The number of esters is 3. The molecule has 1 unspecified atom stereocenters. The first-order chi connectivity index (χ1) is 30.5. The lowest BCUT2D eigenvalue weighted by Crippen LogP contribution is -2.30. The van der Waals surface area contributed by atoms with E-state index in [0.717, 1.165) is 122 Å². The van der Waals surface area contributed by atoms with Gasteiger partial charge in [-0.1, -0.05) is 207 Å². The van der Waals surface area contributed by atoms with Gasteiger partial charge in [0.25, 0.3) is 0 Å². The molecule has 0 aliphatic heterocycles. The zero-order valence-electron chi connectivity index (χ0n) is 39.8. The first-order valence-electron chi connectivity index (χ1n) is 24.9. The van der Waals surface area contributed by atoms with E-state index in [1.165, 1.54) is 44.9 Å². The van der Waals surface area contributed by atoms with Crippen molar-refractivity contribution in [3.05, 3.63) is 109 Å². The number of hydrogen-bond acceptors (Lipinski definition) is 6. The normalized spacial score (nSPS) is 13.0. The standard InChI is InChI=1S/C56H90O6/c1-4-7-10-13-16-17-18-19-20-21-22-23-24-25-26-27-28-29-30-31-32-33-34-35-36-37-38-39-41-43-46-49-55(58)61-52-53(51-60-54(57)48-45-42-15-12-9-6-3)62-56(59)50-47-44-40-14-11-8-5-2/h7,10,16-17,19-20,22-23,25-26,28-29,31-32,34-35,37-38,53H,4-6,8-9,11-15,18,21,24,27,30,33,36,39-52H2,1-3H3/b10-7-,17-16-,20-19-,23-22-,26-25-,29-28-,32-31-,35-34-,38-37-. The Hall–Kier alpha value is -3.93. The van der Waals surface area contributed by atoms with Crippen molar-refractivity contribution in [2.24, 2.45) is 0 Å². The summed E-state index contributed by atoms with van der Waals surface area (Å²) in [5.74, 6) is -0.950. The number of rotatable bonds is 43. The third-order valence-corrected chi connectivity index (χ3v) is 10.0. The van der Waals surface area contributed by atoms with E-state index < -0.39 is 6.10 Å². The van der Waals surface area contributed by atoms with Gasteiger partial charge < -0.3 is 14.2 Å². The second-order valence-corrected chi connectivity index (χ2v) is 16.0. The second kappa shape index (κ2) is 49.7. The molecule has 0 N–H and O–H groups in total. The molecule has 0 heterocycles. The Labute approximate surface area is 380 Å². The molecule has 0 amide bonds. The molecular formula is C56H90O6. The van der Waals surface area contributed by atoms with Crippen molar-refractivity contribution in [1.29, 1.82) is 0 Å². The van der Waals surface area contributed by atoms with Crippen molar-refractivity contribution in [2.75, 3.05) is 13.2 Å². The third kappa shape index (κ3) is 47.1. The minimum atomic E-state index is -0.784. The zero-order valence-corrected chi connectivity index (χ0v) is 39.8. The predicted octanol–water partition coefficient (Wildman–Crippen LogP) is 16.4. The van der Waals surface area contributed by atoms with Crippen molar-refractivity contribution < 1.29 is 28.6 Å². The molecule has 0 saturated carbocycles. The predicted molar refractivity (Wildman–Crippen MR) is 265 cm³/mol. The van der Waals surface area contributed by atoms with Gasteiger partial charge in [-0.3, -0.25) is 14.4 Å². The van der Waals surface area contributed by atoms with E-state index in [9.17, 15) is 14.4 Å². The van der Waals surface area contributed by atoms with E-state index in [1.54, 1.807) is 0 Å². The summed E-state index contributed by atoms with van der Waals surface area (Å²) >= 11 is 0. The van der Waals surface area contributed by atoms with Crippen LogP contribution in [0.25, 0.3) is 0 Å². The Balaban J connectivity index is 4.12. The molecule has 0 radical (unpaired) electrons. The van der Waals surface area contributed by atoms with Gasteiger partial charge in [0.05, 0.1) is 0 Å². The highest BCUT2D eigenvalue weighted by molar-refractivity contribution is 5.71. The summed E-state index contributed by atoms with van der Waals surface area (Å²) in [6.07, 6.45) is 67.0. The first-order valence-corrected chi connectivity index (χ1v) is 24.9. The van der Waals surface area contributed by atoms with Crippen molar-refractivity contribution in [1.82, 2.24) is 0 Å². The van der Waals surface area contributed by atoms with Crippen LogP contribution in [0.15, 0.2) is 109 Å². The fraction of sp³-hybridized carbons (Fsp3) is 0.625. The number of carbonyl (C=O) groups excluding carboxylic acids is 3. The van der Waals surface area contributed by atoms with Gasteiger partial charge in [-0.25, -0.2) is 0 Å². The molecule has 0 aromatic rings. The van der Waals surface area contributed by atoms with Gasteiger partial charge in [0, 0.05) is 19.3 Å². The molecule has 0 aliphatic carbocycles. The molecule has 1 atom stereocenters. The van der Waals surface area contributed by atoms with Gasteiger partial charge in [0.15, 0.2) is 6.10 Å². The van der Waals surface area contributed by atoms with Crippen LogP contribution in [0, 0.1) is 0 Å². The van der Waals surface area contributed by atoms with Gasteiger partial charge in [-0.05, 0) is 89.9 Å². The van der Waals surface area contributed by atoms with Gasteiger partial charge in [-0.2, -0.15) is 0 Å². The Morgan fingerprint density at radius 1 is 0.339 bits per heavy atom. The van der Waals surface area contributed by atoms with Crippen LogP contribution in [0.5, 0.6) is 0 Å². The summed E-state index contributed by atoms with van der Waals surface area (Å²) in [7, 11) is 0. The number of allylic oxidation sites excluding steroid dienone is 18. The lowest BCUT2D eigenvalue weighted by atomic mass is 10.1. The summed E-state index contributed by atoms with van der Waals surface area (Å²) in [6.45, 7) is 6.36. The van der Waals surface area contributed by atoms with E-state index in [0.29, 0.717) is 19.3 Å². The van der Waals surface area contributed by atoms with E-state index in [1.807, 2.05) is 0 Å². The highest BCUT2D eigenvalue weighted by Gasteiger charge is 2.19. The van der Waals surface area contributed by atoms with Gasteiger partial charge in [0.2, 0.25) is 0 Å². The topological polar surface area (TPSA) is 78.9 Å². The summed E-state index contributed by atoms with van der Waals surface area (Å²) < 4.78 is 16.5. The molecule has 6 heteroatoms. The van der Waals surface area contributed by atoms with Gasteiger partial charge in [-0.15, -0.1) is 0 Å². The largest absolute Gasteiger partial charge is 0.462 e. The van der Waals surface area contributed by atoms with E-state index in [4.69, 9.17) is 14.2 Å². The zero-order chi connectivity index (χ0) is 45.1. The second-order valence-electron chi connectivity index (χ2n) is 16.0. The van der Waals surface area contributed by atoms with Crippen LogP contribution in [0.2, 0.25) is 0 Å². The molecule has 0 saturated heterocycles. The van der Waals surface area contributed by atoms with Gasteiger partial charge >= 0.3 is 17.9 Å². The number of unbranched alkanes of at least 4 members (excludes halogenated alkanes) is 14. The summed E-state index contributed by atoms with van der Waals surface area (Å²) in [5, 5.41) is 0. The van der Waals surface area contributed by atoms with Crippen LogP contribution in [0.4, 0.5) is 0 Å². The van der Waals surface area contributed by atoms with Crippen LogP contribution < -0.4 is 0 Å². The molecule has 0 bridgehead atoms. The third-order valence-electron chi connectivity index (χ3n) is 10.0. The average Bonchev–Trinajstić information content (AvgIpc) is 3.27. The Morgan fingerprint density at radius 2 is 0.629 bits per heavy atom. The van der Waals surface area contributed by atoms with Crippen molar-refractivity contribution in [3.8, 4) is 0 Å². The maximum atomic E-state index is 12.6. The van der Waals surface area contributed by atoms with Crippen molar-refractivity contribution in [3.63, 3.8) is 0 Å². The number of carbonyl (C=O) groups is 3. The van der Waals surface area contributed by atoms with E-state index >= 15 is 0 Å². The monoisotopic (exact) mass is 859 g/mol. The highest BCUT2D eigenvalue weighted by Crippen LogP contribution is 2.12. The first kappa shape index (κ1) is 58.1. The average molecular weight is 859 g/mol. The maximum absolute atomic E-state index is 12.6. The lowest BCUT2D eigenvalue weighted by molar-refractivity contribution is -0.167. The van der Waals surface area contributed by atoms with Crippen LogP contribution >= 0.6 is 0 Å². The number of ether oxygens (including phenoxy) is 3. The van der Waals surface area contributed by atoms with Crippen LogP contribution in [-0.2, 0) is 28.6 Å². The fourth-order valence-corrected chi connectivity index (χ4v) is 6.31. The minimum absolute atomic E-state index is 0.0893. The minimum Gasteiger partial charge on any atom is -0.462 e. The molecule has 0 rings (SSSR count). The maximum Gasteiger partial charge on any atom is 0.306 e. The summed E-state index contributed by atoms with van der Waals surface area (Å²) in [6, 6.07) is 0. The summed E-state index contributed by atoms with van der Waals surface area (Å²) in [5.41, 5.74) is 0. The molecule has 0 aromatic heterocycles. The molecule has 6 nitrogen and oxygen atoms in total. The molecule has 0 fully saturated rings. The smallest absolute Gasteiger partial charge is 0.306 e.